The Bertz CT molecular complexity index is 335. The molecular formula is C6H5O3SZn. The molecule has 11 heavy (non-hydrogen) atoms. The molecule has 0 aromatic heterocycles. The van der Waals surface area contributed by atoms with Crippen LogP contribution in [0.15, 0.2) is 30.3 Å². The SMILES string of the molecule is O=[S](=O)=[Zn][O]c1ccccc1. The molecule has 5 heteroatoms. The summed E-state index contributed by atoms with van der Waals surface area (Å²) in [6, 6.07) is 8.97. The first-order valence-electron chi connectivity index (χ1n) is 3.03. The molecule has 0 atom stereocenters. The zero-order chi connectivity index (χ0) is 8.10. The van der Waals surface area contributed by atoms with Crippen molar-refractivity contribution < 1.29 is 27.7 Å². The summed E-state index contributed by atoms with van der Waals surface area (Å²) in [6.45, 7) is 0. The third-order valence-electron chi connectivity index (χ3n) is 1.07. The summed E-state index contributed by atoms with van der Waals surface area (Å²) in [7, 11) is -1.95. The molecule has 0 saturated carbocycles. The van der Waals surface area contributed by atoms with E-state index in [9.17, 15) is 8.42 Å². The van der Waals surface area contributed by atoms with Gasteiger partial charge >= 0.3 is 72.0 Å². The van der Waals surface area contributed by atoms with Crippen molar-refractivity contribution in [2.75, 3.05) is 0 Å². The van der Waals surface area contributed by atoms with Crippen LogP contribution in [0.2, 0.25) is 0 Å². The molecule has 0 N–H and O–H groups in total. The van der Waals surface area contributed by atoms with E-state index in [0.717, 1.165) is 0 Å². The van der Waals surface area contributed by atoms with E-state index in [-0.39, 0.29) is 0 Å². The van der Waals surface area contributed by atoms with E-state index in [1.165, 1.54) is 0 Å². The Kier molecular flexibility index (Phi) is 3.40. The van der Waals surface area contributed by atoms with Crippen LogP contribution in [-0.2, 0) is 23.9 Å². The average Bonchev–Trinajstić information content (AvgIpc) is 2.03. The normalized spacial score (nSPS) is 8.36. The van der Waals surface area contributed by atoms with Gasteiger partial charge in [-0.05, 0) is 0 Å². The molecule has 0 unspecified atom stereocenters. The molecule has 0 saturated heterocycles. The van der Waals surface area contributed by atoms with Crippen molar-refractivity contribution in [2.24, 2.45) is 0 Å². The van der Waals surface area contributed by atoms with E-state index in [2.05, 4.69) is 0 Å². The monoisotopic (exact) mass is 221 g/mol. The van der Waals surface area contributed by atoms with Crippen LogP contribution in [0.25, 0.3) is 0 Å². The molecule has 1 aromatic rings. The van der Waals surface area contributed by atoms with Crippen molar-refractivity contribution in [3.05, 3.63) is 30.3 Å². The minimum atomic E-state index is -1.95. The summed E-state index contributed by atoms with van der Waals surface area (Å²) in [5.41, 5.74) is 0. The Balaban J connectivity index is 2.74. The van der Waals surface area contributed by atoms with Gasteiger partial charge < -0.3 is 0 Å². The van der Waals surface area contributed by atoms with Crippen LogP contribution in [0.4, 0.5) is 0 Å². The van der Waals surface area contributed by atoms with Gasteiger partial charge in [-0.3, -0.25) is 0 Å². The summed E-state index contributed by atoms with van der Waals surface area (Å²) in [5.74, 6) is 0.650. The Labute approximate surface area is 72.1 Å². The molecule has 0 bridgehead atoms. The second-order valence-corrected chi connectivity index (χ2v) is 7.78. The summed E-state index contributed by atoms with van der Waals surface area (Å²) >= 11 is -1.84. The van der Waals surface area contributed by atoms with Crippen LogP contribution >= 0.6 is 0 Å². The van der Waals surface area contributed by atoms with Crippen LogP contribution in [0.1, 0.15) is 0 Å². The van der Waals surface area contributed by atoms with Crippen molar-refractivity contribution >= 4 is 8.19 Å². The zero-order valence-corrected chi connectivity index (χ0v) is 9.51. The van der Waals surface area contributed by atoms with Gasteiger partial charge in [0.1, 0.15) is 0 Å². The first-order chi connectivity index (χ1) is 5.29. The molecule has 55 valence electrons. The minimum absolute atomic E-state index is 0.650. The van der Waals surface area contributed by atoms with E-state index < -0.39 is 23.9 Å². The summed E-state index contributed by atoms with van der Waals surface area (Å²) in [5, 5.41) is 0. The van der Waals surface area contributed by atoms with Gasteiger partial charge in [-0.2, -0.15) is 0 Å². The Morgan fingerprint density at radius 2 is 1.82 bits per heavy atom. The van der Waals surface area contributed by atoms with Crippen LogP contribution in [-0.4, -0.2) is 8.42 Å². The molecule has 1 aromatic carbocycles. The van der Waals surface area contributed by atoms with Gasteiger partial charge in [-0.1, -0.05) is 0 Å². The Hall–Kier alpha value is -0.537. The number of hydrogen-bond acceptors (Lipinski definition) is 3. The van der Waals surface area contributed by atoms with Crippen molar-refractivity contribution in [1.82, 2.24) is 0 Å². The maximum atomic E-state index is 10.1. The van der Waals surface area contributed by atoms with E-state index in [0.29, 0.717) is 5.75 Å². The van der Waals surface area contributed by atoms with Gasteiger partial charge in [0.2, 0.25) is 0 Å². The fourth-order valence-corrected chi connectivity index (χ4v) is 2.73. The number of benzene rings is 1. The van der Waals surface area contributed by atoms with Crippen molar-refractivity contribution in [1.29, 1.82) is 0 Å². The first kappa shape index (κ1) is 8.56. The second kappa shape index (κ2) is 4.36. The molecule has 0 spiro atoms. The summed E-state index contributed by atoms with van der Waals surface area (Å²) in [4.78, 5) is 0. The van der Waals surface area contributed by atoms with Crippen LogP contribution in [0.5, 0.6) is 5.75 Å². The van der Waals surface area contributed by atoms with Crippen molar-refractivity contribution in [2.45, 2.75) is 0 Å². The van der Waals surface area contributed by atoms with Gasteiger partial charge in [-0.15, -0.1) is 0 Å². The fourth-order valence-electron chi connectivity index (χ4n) is 0.633. The number of para-hydroxylation sites is 1. The van der Waals surface area contributed by atoms with Crippen LogP contribution in [0.3, 0.4) is 0 Å². The topological polar surface area (TPSA) is 43.4 Å². The van der Waals surface area contributed by atoms with Gasteiger partial charge in [0.05, 0.1) is 0 Å². The average molecular weight is 223 g/mol. The van der Waals surface area contributed by atoms with Gasteiger partial charge in [-0.25, -0.2) is 0 Å². The van der Waals surface area contributed by atoms with Crippen LogP contribution < -0.4 is 3.56 Å². The van der Waals surface area contributed by atoms with Crippen molar-refractivity contribution in [3.63, 3.8) is 0 Å². The molecule has 1 rings (SSSR count). The quantitative estimate of drug-likeness (QED) is 0.697. The summed E-state index contributed by atoms with van der Waals surface area (Å²) in [6.07, 6.45) is 0. The molecular weight excluding hydrogens is 218 g/mol. The summed E-state index contributed by atoms with van der Waals surface area (Å²) < 4.78 is 25.3. The molecule has 0 aliphatic heterocycles. The standard InChI is InChI=1S/C6H6O.O2S.Zn/c7-6-4-2-1-3-5-6;1-3-2;/h1-5,7H;;/q;;+1/p-1. The predicted octanol–water partition coefficient (Wildman–Crippen LogP) is 0.857. The Morgan fingerprint density at radius 1 is 1.18 bits per heavy atom. The van der Waals surface area contributed by atoms with Gasteiger partial charge in [0.15, 0.2) is 0 Å². The number of rotatable bonds is 2. The van der Waals surface area contributed by atoms with Gasteiger partial charge in [0.25, 0.3) is 0 Å². The third-order valence-corrected chi connectivity index (χ3v) is 4.03. The molecule has 0 aliphatic carbocycles. The Morgan fingerprint density at radius 3 is 2.36 bits per heavy atom. The number of hydrogen-bond donors (Lipinski definition) is 0. The van der Waals surface area contributed by atoms with E-state index in [1.54, 1.807) is 12.1 Å². The zero-order valence-electron chi connectivity index (χ0n) is 5.73. The fraction of sp³-hybridized carbons (Fsp3) is 0. The first-order valence-corrected chi connectivity index (χ1v) is 9.11. The van der Waals surface area contributed by atoms with Crippen LogP contribution in [0, 0.1) is 0 Å². The van der Waals surface area contributed by atoms with E-state index in [4.69, 9.17) is 3.56 Å². The maximum absolute atomic E-state index is 10.1. The third kappa shape index (κ3) is 3.39. The molecule has 0 fully saturated rings. The van der Waals surface area contributed by atoms with Crippen molar-refractivity contribution in [3.8, 4) is 5.75 Å². The molecule has 0 heterocycles. The van der Waals surface area contributed by atoms with E-state index in [1.807, 2.05) is 18.2 Å². The molecule has 3 nitrogen and oxygen atoms in total. The molecule has 0 amide bonds. The predicted molar refractivity (Wildman–Crippen MR) is 36.0 cm³/mol. The van der Waals surface area contributed by atoms with E-state index >= 15 is 0 Å². The van der Waals surface area contributed by atoms with Gasteiger partial charge in [0, 0.05) is 0 Å². The molecule has 0 aliphatic rings. The second-order valence-electron chi connectivity index (χ2n) is 1.88. The molecule has 0 radical (unpaired) electrons.